The van der Waals surface area contributed by atoms with Crippen LogP contribution < -0.4 is 4.57 Å². The summed E-state index contributed by atoms with van der Waals surface area (Å²) in [7, 11) is 0. The van der Waals surface area contributed by atoms with Crippen LogP contribution in [0, 0.1) is 11.3 Å². The lowest BCUT2D eigenvalue weighted by Crippen LogP contribution is -2.35. The average Bonchev–Trinajstić information content (AvgIpc) is 2.50. The molecular weight excluding hydrogens is 170 g/mol. The van der Waals surface area contributed by atoms with Crippen molar-refractivity contribution in [2.45, 2.75) is 18.7 Å². The third kappa shape index (κ3) is 2.28. The Labute approximate surface area is 76.4 Å². The van der Waals surface area contributed by atoms with Gasteiger partial charge in [-0.2, -0.15) is 17.0 Å². The second-order valence-corrected chi connectivity index (χ2v) is 3.31. The van der Waals surface area contributed by atoms with Crippen LogP contribution in [0.3, 0.4) is 0 Å². The van der Waals surface area contributed by atoms with Crippen LogP contribution in [0.25, 0.3) is 0 Å². The van der Waals surface area contributed by atoms with E-state index in [1.165, 1.54) is 5.82 Å². The molecule has 0 aliphatic rings. The van der Waals surface area contributed by atoms with Crippen LogP contribution >= 0.6 is 11.8 Å². The lowest BCUT2D eigenvalue weighted by molar-refractivity contribution is -0.700. The maximum atomic E-state index is 8.41. The largest absolute Gasteiger partial charge is 0.264 e. The first-order valence-corrected chi connectivity index (χ1v) is 5.19. The molecule has 0 atom stereocenters. The summed E-state index contributed by atoms with van der Waals surface area (Å²) in [5.74, 6) is 2.15. The molecule has 1 N–H and O–H groups in total. The summed E-state index contributed by atoms with van der Waals surface area (Å²) in [6.07, 6.45) is 6.52. The number of nitrogens with one attached hydrogen (secondary N) is 1. The number of nitriles is 1. The minimum absolute atomic E-state index is 0.573. The summed E-state index contributed by atoms with van der Waals surface area (Å²) in [5.41, 5.74) is 0. The Bertz CT molecular complexity index is 274. The number of thioether (sulfide) groups is 1. The fourth-order valence-electron chi connectivity index (χ4n) is 1.04. The Hall–Kier alpha value is -0.950. The molecule has 0 saturated carbocycles. The molecule has 3 nitrogen and oxygen atoms in total. The van der Waals surface area contributed by atoms with Crippen molar-refractivity contribution in [3.8, 4) is 6.07 Å². The van der Waals surface area contributed by atoms with Gasteiger partial charge in [0.25, 0.3) is 5.82 Å². The smallest absolute Gasteiger partial charge is 0.247 e. The van der Waals surface area contributed by atoms with Gasteiger partial charge >= 0.3 is 0 Å². The Morgan fingerprint density at radius 2 is 2.58 bits per heavy atom. The van der Waals surface area contributed by atoms with Crippen molar-refractivity contribution >= 4 is 11.8 Å². The van der Waals surface area contributed by atoms with E-state index in [1.54, 1.807) is 11.8 Å². The van der Waals surface area contributed by atoms with Crippen molar-refractivity contribution in [2.24, 2.45) is 0 Å². The summed E-state index contributed by atoms with van der Waals surface area (Å²) in [4.78, 5) is 3.15. The number of aryl methyl sites for hydroxylation is 1. The van der Waals surface area contributed by atoms with Crippen molar-refractivity contribution in [3.63, 3.8) is 0 Å². The second-order valence-electron chi connectivity index (χ2n) is 2.44. The van der Waals surface area contributed by atoms with E-state index in [0.717, 1.165) is 12.3 Å². The minimum atomic E-state index is 0.573. The average molecular weight is 182 g/mol. The van der Waals surface area contributed by atoms with Crippen LogP contribution in [-0.4, -0.2) is 11.2 Å². The Morgan fingerprint density at radius 1 is 1.75 bits per heavy atom. The highest BCUT2D eigenvalue weighted by Gasteiger charge is 2.07. The number of nitrogens with zero attached hydrogens (tertiary/aromatic N) is 2. The number of hydrogen-bond acceptors (Lipinski definition) is 2. The predicted molar refractivity (Wildman–Crippen MR) is 48.4 cm³/mol. The van der Waals surface area contributed by atoms with Gasteiger partial charge in [-0.05, 0) is 6.26 Å². The molecule has 1 aromatic heterocycles. The highest BCUT2D eigenvalue weighted by Crippen LogP contribution is 2.00. The number of H-pyrrole nitrogens is 1. The van der Waals surface area contributed by atoms with E-state index < -0.39 is 0 Å². The lowest BCUT2D eigenvalue weighted by atomic mass is 10.4. The molecule has 0 aliphatic carbocycles. The predicted octanol–water partition coefficient (Wildman–Crippen LogP) is 1.08. The van der Waals surface area contributed by atoms with Gasteiger partial charge in [-0.1, -0.05) is 0 Å². The zero-order valence-electron chi connectivity index (χ0n) is 7.08. The van der Waals surface area contributed by atoms with Gasteiger partial charge in [0.05, 0.1) is 18.2 Å². The first-order valence-electron chi connectivity index (χ1n) is 3.80. The molecule has 0 radical (unpaired) electrons. The standard InChI is InChI=1S/C8H11N3S/c1-12-7-8-10-4-6-11(8)5-2-3-9/h4,6H,2,5,7H2,1H3/p+1. The van der Waals surface area contributed by atoms with Crippen molar-refractivity contribution in [1.82, 2.24) is 4.98 Å². The summed E-state index contributed by atoms with van der Waals surface area (Å²) in [6.45, 7) is 0.788. The molecule has 64 valence electrons. The Kier molecular flexibility index (Phi) is 3.68. The zero-order valence-corrected chi connectivity index (χ0v) is 7.90. The topological polar surface area (TPSA) is 43.5 Å². The second kappa shape index (κ2) is 4.83. The summed E-state index contributed by atoms with van der Waals surface area (Å²) in [5, 5.41) is 8.41. The maximum Gasteiger partial charge on any atom is 0.264 e. The van der Waals surface area contributed by atoms with E-state index in [0.29, 0.717) is 6.42 Å². The van der Waals surface area contributed by atoms with E-state index in [-0.39, 0.29) is 0 Å². The minimum Gasteiger partial charge on any atom is -0.247 e. The molecule has 0 aliphatic heterocycles. The van der Waals surface area contributed by atoms with Crippen LogP contribution in [0.4, 0.5) is 0 Å². The van der Waals surface area contributed by atoms with E-state index in [4.69, 9.17) is 5.26 Å². The molecule has 0 unspecified atom stereocenters. The summed E-state index contributed by atoms with van der Waals surface area (Å²) < 4.78 is 2.08. The molecule has 0 saturated heterocycles. The van der Waals surface area contributed by atoms with Crippen molar-refractivity contribution in [3.05, 3.63) is 18.2 Å². The van der Waals surface area contributed by atoms with Crippen LogP contribution in [-0.2, 0) is 12.3 Å². The van der Waals surface area contributed by atoms with Crippen LogP contribution in [0.5, 0.6) is 0 Å². The Balaban J connectivity index is 2.58. The van der Waals surface area contributed by atoms with Gasteiger partial charge in [0.15, 0.2) is 0 Å². The number of rotatable bonds is 4. The molecule has 0 spiro atoms. The lowest BCUT2D eigenvalue weighted by Gasteiger charge is -1.94. The van der Waals surface area contributed by atoms with Crippen molar-refractivity contribution < 1.29 is 4.57 Å². The van der Waals surface area contributed by atoms with Gasteiger partial charge in [-0.15, -0.1) is 0 Å². The number of hydrogen-bond donors (Lipinski definition) is 1. The first kappa shape index (κ1) is 9.14. The van der Waals surface area contributed by atoms with E-state index in [1.807, 2.05) is 12.4 Å². The molecule has 12 heavy (non-hydrogen) atoms. The third-order valence-corrected chi connectivity index (χ3v) is 2.16. The molecule has 4 heteroatoms. The molecular formula is C8H12N3S+. The maximum absolute atomic E-state index is 8.41. The van der Waals surface area contributed by atoms with E-state index >= 15 is 0 Å². The zero-order chi connectivity index (χ0) is 8.81. The first-order chi connectivity index (χ1) is 5.88. The Morgan fingerprint density at radius 3 is 3.25 bits per heavy atom. The van der Waals surface area contributed by atoms with Gasteiger partial charge in [0.2, 0.25) is 0 Å². The highest BCUT2D eigenvalue weighted by atomic mass is 32.2. The normalized spacial score (nSPS) is 9.67. The third-order valence-electron chi connectivity index (χ3n) is 1.60. The number of aromatic nitrogens is 2. The van der Waals surface area contributed by atoms with Crippen molar-refractivity contribution in [2.75, 3.05) is 6.26 Å². The summed E-state index contributed by atoms with van der Waals surface area (Å²) in [6, 6.07) is 2.13. The van der Waals surface area contributed by atoms with Crippen LogP contribution in [0.1, 0.15) is 12.2 Å². The SMILES string of the molecule is CSCc1[nH]cc[n+]1CCC#N. The van der Waals surface area contributed by atoms with Crippen LogP contribution in [0.15, 0.2) is 12.4 Å². The van der Waals surface area contributed by atoms with Gasteiger partial charge in [0, 0.05) is 0 Å². The van der Waals surface area contributed by atoms with Gasteiger partial charge < -0.3 is 0 Å². The molecule has 0 bridgehead atoms. The van der Waals surface area contributed by atoms with Gasteiger partial charge in [0.1, 0.15) is 18.9 Å². The van der Waals surface area contributed by atoms with Gasteiger partial charge in [-0.25, -0.2) is 9.55 Å². The molecule has 0 fully saturated rings. The molecule has 1 rings (SSSR count). The fraction of sp³-hybridized carbons (Fsp3) is 0.500. The molecule has 0 amide bonds. The molecule has 0 aromatic carbocycles. The van der Waals surface area contributed by atoms with Gasteiger partial charge in [-0.3, -0.25) is 0 Å². The number of imidazole rings is 1. The van der Waals surface area contributed by atoms with Crippen molar-refractivity contribution in [1.29, 1.82) is 5.26 Å². The quantitative estimate of drug-likeness (QED) is 0.708. The molecule has 1 heterocycles. The molecule has 1 aromatic rings. The van der Waals surface area contributed by atoms with E-state index in [2.05, 4.69) is 21.9 Å². The summed E-state index contributed by atoms with van der Waals surface area (Å²) >= 11 is 1.77. The fourth-order valence-corrected chi connectivity index (χ4v) is 1.56. The number of aromatic amines is 1. The highest BCUT2D eigenvalue weighted by molar-refractivity contribution is 7.97. The van der Waals surface area contributed by atoms with Crippen LogP contribution in [0.2, 0.25) is 0 Å². The monoisotopic (exact) mass is 182 g/mol. The van der Waals surface area contributed by atoms with E-state index in [9.17, 15) is 0 Å².